The largest absolute Gasteiger partial charge is 0.417 e. The molecule has 0 fully saturated rings. The summed E-state index contributed by atoms with van der Waals surface area (Å²) < 4.78 is 38.2. The van der Waals surface area contributed by atoms with Gasteiger partial charge in [0.2, 0.25) is 0 Å². The second-order valence-corrected chi connectivity index (χ2v) is 4.68. The van der Waals surface area contributed by atoms with Gasteiger partial charge in [-0.25, -0.2) is 0 Å². The van der Waals surface area contributed by atoms with Crippen molar-refractivity contribution in [2.45, 2.75) is 6.18 Å². The third-order valence-electron chi connectivity index (χ3n) is 2.16. The molecule has 17 heavy (non-hydrogen) atoms. The fourth-order valence-corrected chi connectivity index (χ4v) is 2.55. The molecule has 88 valence electrons. The SMILES string of the molecule is FC(F)(F)c1ccccc1Pc1ccccn1. The van der Waals surface area contributed by atoms with Crippen LogP contribution in [0.1, 0.15) is 5.56 Å². The average Bonchev–Trinajstić information content (AvgIpc) is 2.30. The highest BCUT2D eigenvalue weighted by atomic mass is 31.1. The molecule has 2 rings (SSSR count). The molecule has 0 amide bonds. The fourth-order valence-electron chi connectivity index (χ4n) is 1.41. The van der Waals surface area contributed by atoms with Gasteiger partial charge < -0.3 is 0 Å². The molecule has 2 aromatic rings. The third kappa shape index (κ3) is 3.04. The highest BCUT2D eigenvalue weighted by Crippen LogP contribution is 2.30. The number of alkyl halides is 3. The van der Waals surface area contributed by atoms with Crippen molar-refractivity contribution in [3.63, 3.8) is 0 Å². The maximum atomic E-state index is 12.7. The van der Waals surface area contributed by atoms with Gasteiger partial charge in [0.05, 0.1) is 11.0 Å². The van der Waals surface area contributed by atoms with E-state index in [9.17, 15) is 13.2 Å². The molecule has 5 heteroatoms. The first-order chi connectivity index (χ1) is 8.07. The first-order valence-corrected chi connectivity index (χ1v) is 5.91. The fraction of sp³-hybridized carbons (Fsp3) is 0.0833. The number of benzene rings is 1. The predicted molar refractivity (Wildman–Crippen MR) is 63.3 cm³/mol. The summed E-state index contributed by atoms with van der Waals surface area (Å²) in [5.74, 6) is 0. The van der Waals surface area contributed by atoms with E-state index in [-0.39, 0.29) is 13.9 Å². The molecule has 0 saturated heterocycles. The summed E-state index contributed by atoms with van der Waals surface area (Å²) in [7, 11) is -0.0820. The average molecular weight is 255 g/mol. The van der Waals surface area contributed by atoms with E-state index in [1.807, 2.05) is 0 Å². The summed E-state index contributed by atoms with van der Waals surface area (Å²) in [5, 5.41) is 0.277. The molecular weight excluding hydrogens is 246 g/mol. The molecule has 1 nitrogen and oxygen atoms in total. The lowest BCUT2D eigenvalue weighted by molar-refractivity contribution is -0.136. The molecule has 1 atom stereocenters. The van der Waals surface area contributed by atoms with E-state index in [0.29, 0.717) is 5.44 Å². The normalized spacial score (nSPS) is 12.2. The van der Waals surface area contributed by atoms with Crippen molar-refractivity contribution < 1.29 is 13.2 Å². The van der Waals surface area contributed by atoms with Gasteiger partial charge in [-0.05, 0) is 32.1 Å². The van der Waals surface area contributed by atoms with Gasteiger partial charge >= 0.3 is 6.18 Å². The Morgan fingerprint density at radius 2 is 1.65 bits per heavy atom. The van der Waals surface area contributed by atoms with Crippen molar-refractivity contribution in [3.05, 3.63) is 54.2 Å². The van der Waals surface area contributed by atoms with Crippen molar-refractivity contribution in [1.29, 1.82) is 0 Å². The number of aromatic nitrogens is 1. The first kappa shape index (κ1) is 12.1. The molecule has 0 aliphatic rings. The van der Waals surface area contributed by atoms with E-state index in [2.05, 4.69) is 4.98 Å². The zero-order valence-electron chi connectivity index (χ0n) is 8.70. The van der Waals surface area contributed by atoms with Gasteiger partial charge in [0, 0.05) is 6.20 Å². The lowest BCUT2D eigenvalue weighted by atomic mass is 10.2. The molecule has 0 radical (unpaired) electrons. The molecule has 1 aromatic carbocycles. The molecule has 0 N–H and O–H groups in total. The van der Waals surface area contributed by atoms with Gasteiger partial charge in [-0.1, -0.05) is 24.3 Å². The van der Waals surface area contributed by atoms with Crippen molar-refractivity contribution in [1.82, 2.24) is 4.98 Å². The predicted octanol–water partition coefficient (Wildman–Crippen LogP) is 2.73. The minimum Gasteiger partial charge on any atom is -0.256 e. The molecule has 0 spiro atoms. The van der Waals surface area contributed by atoms with Crippen molar-refractivity contribution >= 4 is 19.3 Å². The number of hydrogen-bond donors (Lipinski definition) is 0. The van der Waals surface area contributed by atoms with Crippen LogP contribution in [0.25, 0.3) is 0 Å². The number of pyridine rings is 1. The Morgan fingerprint density at radius 3 is 2.29 bits per heavy atom. The third-order valence-corrected chi connectivity index (χ3v) is 3.42. The number of rotatable bonds is 2. The van der Waals surface area contributed by atoms with Gasteiger partial charge in [0.15, 0.2) is 0 Å². The zero-order valence-corrected chi connectivity index (χ0v) is 9.70. The Kier molecular flexibility index (Phi) is 3.43. The standard InChI is InChI=1S/C12H9F3NP/c13-12(14,15)9-5-1-2-6-10(9)17-11-7-3-4-8-16-11/h1-8,17H. The Balaban J connectivity index is 2.34. The molecule has 0 aliphatic heterocycles. The van der Waals surface area contributed by atoms with Crippen LogP contribution < -0.4 is 10.7 Å². The molecule has 1 unspecified atom stereocenters. The van der Waals surface area contributed by atoms with Gasteiger partial charge in [-0.15, -0.1) is 0 Å². The van der Waals surface area contributed by atoms with Gasteiger partial charge in [0.1, 0.15) is 0 Å². The van der Waals surface area contributed by atoms with Crippen LogP contribution in [0.15, 0.2) is 48.7 Å². The molecule has 0 saturated carbocycles. The summed E-state index contributed by atoms with van der Waals surface area (Å²) in [6.45, 7) is 0. The van der Waals surface area contributed by atoms with E-state index in [0.717, 1.165) is 6.07 Å². The topological polar surface area (TPSA) is 12.9 Å². The summed E-state index contributed by atoms with van der Waals surface area (Å²) >= 11 is 0. The Hall–Kier alpha value is -1.41. The van der Waals surface area contributed by atoms with Crippen molar-refractivity contribution in [2.24, 2.45) is 0 Å². The summed E-state index contributed by atoms with van der Waals surface area (Å²) in [5.41, 5.74) is 0.0770. The van der Waals surface area contributed by atoms with E-state index < -0.39 is 11.7 Å². The van der Waals surface area contributed by atoms with Crippen LogP contribution in [0.4, 0.5) is 13.2 Å². The number of nitrogens with zero attached hydrogens (tertiary/aromatic N) is 1. The van der Waals surface area contributed by atoms with Gasteiger partial charge in [0.25, 0.3) is 0 Å². The lowest BCUT2D eigenvalue weighted by Crippen LogP contribution is -2.18. The minimum atomic E-state index is -4.31. The molecule has 0 aliphatic carbocycles. The Labute approximate surface area is 98.5 Å². The van der Waals surface area contributed by atoms with E-state index in [1.165, 1.54) is 12.1 Å². The molecule has 0 bridgehead atoms. The number of halogens is 3. The highest BCUT2D eigenvalue weighted by Gasteiger charge is 2.32. The smallest absolute Gasteiger partial charge is 0.256 e. The molecule has 1 heterocycles. The highest BCUT2D eigenvalue weighted by molar-refractivity contribution is 7.55. The monoisotopic (exact) mass is 255 g/mol. The van der Waals surface area contributed by atoms with Crippen LogP contribution in [-0.4, -0.2) is 4.98 Å². The van der Waals surface area contributed by atoms with E-state index >= 15 is 0 Å². The second kappa shape index (κ2) is 4.84. The molecular formula is C12H9F3NP. The molecule has 1 aromatic heterocycles. The van der Waals surface area contributed by atoms with Gasteiger partial charge in [-0.3, -0.25) is 4.98 Å². The maximum Gasteiger partial charge on any atom is 0.417 e. The minimum absolute atomic E-state index is 0.0820. The maximum absolute atomic E-state index is 12.7. The van der Waals surface area contributed by atoms with Crippen LogP contribution in [0.3, 0.4) is 0 Å². The van der Waals surface area contributed by atoms with E-state index in [1.54, 1.807) is 30.5 Å². The summed E-state index contributed by atoms with van der Waals surface area (Å²) in [6, 6.07) is 10.8. The van der Waals surface area contributed by atoms with Crippen LogP contribution in [0, 0.1) is 0 Å². The summed E-state index contributed by atoms with van der Waals surface area (Å²) in [4.78, 5) is 4.04. The quantitative estimate of drug-likeness (QED) is 0.752. The second-order valence-electron chi connectivity index (χ2n) is 3.38. The van der Waals surface area contributed by atoms with Crippen molar-refractivity contribution in [2.75, 3.05) is 0 Å². The number of hydrogen-bond acceptors (Lipinski definition) is 1. The zero-order chi connectivity index (χ0) is 12.3. The van der Waals surface area contributed by atoms with Crippen LogP contribution >= 0.6 is 8.58 Å². The van der Waals surface area contributed by atoms with Crippen LogP contribution in [0.2, 0.25) is 0 Å². The van der Waals surface area contributed by atoms with E-state index in [4.69, 9.17) is 0 Å². The Morgan fingerprint density at radius 1 is 0.941 bits per heavy atom. The van der Waals surface area contributed by atoms with Crippen molar-refractivity contribution in [3.8, 4) is 0 Å². The summed E-state index contributed by atoms with van der Waals surface area (Å²) in [6.07, 6.45) is -2.73. The van der Waals surface area contributed by atoms with Gasteiger partial charge in [-0.2, -0.15) is 13.2 Å². The lowest BCUT2D eigenvalue weighted by Gasteiger charge is -2.11. The van der Waals surface area contributed by atoms with Crippen LogP contribution in [-0.2, 0) is 6.18 Å². The van der Waals surface area contributed by atoms with Crippen LogP contribution in [0.5, 0.6) is 0 Å². The Bertz CT molecular complexity index is 497. The first-order valence-electron chi connectivity index (χ1n) is 4.91.